The van der Waals surface area contributed by atoms with Gasteiger partial charge in [-0.15, -0.1) is 0 Å². The van der Waals surface area contributed by atoms with E-state index in [2.05, 4.69) is 0 Å². The first-order valence-corrected chi connectivity index (χ1v) is 8.14. The second kappa shape index (κ2) is 7.40. The number of ketones is 1. The molecule has 0 saturated carbocycles. The molecule has 0 N–H and O–H groups in total. The number of hydrogen-bond donors (Lipinski definition) is 0. The van der Waals surface area contributed by atoms with Gasteiger partial charge in [-0.3, -0.25) is 4.79 Å². The SMILES string of the molecule is CC.COc1cccc(S(=O)(=O)N2CCC(=O)CC2)c1. The predicted molar refractivity (Wildman–Crippen MR) is 77.3 cm³/mol. The molecule has 1 aromatic rings. The summed E-state index contributed by atoms with van der Waals surface area (Å²) in [6.45, 7) is 4.52. The number of Topliss-reactive ketones (excluding diaryl/α,β-unsaturated/α-hetero) is 1. The third-order valence-corrected chi connectivity index (χ3v) is 4.85. The van der Waals surface area contributed by atoms with Gasteiger partial charge in [0.25, 0.3) is 0 Å². The number of sulfonamides is 1. The van der Waals surface area contributed by atoms with Crippen LogP contribution in [0.4, 0.5) is 0 Å². The average molecular weight is 299 g/mol. The molecular weight excluding hydrogens is 278 g/mol. The lowest BCUT2D eigenvalue weighted by Gasteiger charge is -2.25. The average Bonchev–Trinajstić information content (AvgIpc) is 2.50. The molecule has 1 aliphatic heterocycles. The molecule has 0 bridgehead atoms. The van der Waals surface area contributed by atoms with Gasteiger partial charge in [-0.1, -0.05) is 19.9 Å². The maximum absolute atomic E-state index is 12.3. The molecule has 0 aromatic heterocycles. The minimum Gasteiger partial charge on any atom is -0.497 e. The molecule has 1 aromatic carbocycles. The number of hydrogen-bond acceptors (Lipinski definition) is 4. The lowest BCUT2D eigenvalue weighted by molar-refractivity contribution is -0.120. The molecule has 0 amide bonds. The van der Waals surface area contributed by atoms with Crippen LogP contribution in [0.3, 0.4) is 0 Å². The summed E-state index contributed by atoms with van der Waals surface area (Å²) >= 11 is 0. The van der Waals surface area contributed by atoms with Crippen LogP contribution in [0.1, 0.15) is 26.7 Å². The van der Waals surface area contributed by atoms with Crippen LogP contribution in [0.25, 0.3) is 0 Å². The quantitative estimate of drug-likeness (QED) is 0.857. The summed E-state index contributed by atoms with van der Waals surface area (Å²) in [5, 5.41) is 0. The second-order valence-electron chi connectivity index (χ2n) is 4.12. The lowest BCUT2D eigenvalue weighted by Crippen LogP contribution is -2.38. The van der Waals surface area contributed by atoms with E-state index in [9.17, 15) is 13.2 Å². The molecule has 0 aliphatic carbocycles. The Morgan fingerprint density at radius 1 is 1.15 bits per heavy atom. The third kappa shape index (κ3) is 3.80. The van der Waals surface area contributed by atoms with Crippen molar-refractivity contribution in [3.8, 4) is 5.75 Å². The van der Waals surface area contributed by atoms with E-state index in [1.807, 2.05) is 13.8 Å². The molecular formula is C14H21NO4S. The standard InChI is InChI=1S/C12H15NO4S.C2H6/c1-17-11-3-2-4-12(9-11)18(15,16)13-7-5-10(14)6-8-13;1-2/h2-4,9H,5-8H2,1H3;1-2H3. The number of methoxy groups -OCH3 is 1. The van der Waals surface area contributed by atoms with Crippen LogP contribution in [0, 0.1) is 0 Å². The molecule has 0 atom stereocenters. The van der Waals surface area contributed by atoms with Gasteiger partial charge in [0, 0.05) is 32.0 Å². The number of carbonyl (C=O) groups is 1. The first-order valence-electron chi connectivity index (χ1n) is 6.70. The molecule has 2 rings (SSSR count). The van der Waals surface area contributed by atoms with Gasteiger partial charge in [0.15, 0.2) is 0 Å². The van der Waals surface area contributed by atoms with Crippen molar-refractivity contribution in [1.29, 1.82) is 0 Å². The lowest BCUT2D eigenvalue weighted by atomic mass is 10.1. The van der Waals surface area contributed by atoms with Crippen LogP contribution in [0.15, 0.2) is 29.2 Å². The van der Waals surface area contributed by atoms with Gasteiger partial charge >= 0.3 is 0 Å². The van der Waals surface area contributed by atoms with Crippen molar-refractivity contribution in [2.24, 2.45) is 0 Å². The molecule has 0 unspecified atom stereocenters. The highest BCUT2D eigenvalue weighted by molar-refractivity contribution is 7.89. The van der Waals surface area contributed by atoms with Gasteiger partial charge in [0.05, 0.1) is 12.0 Å². The van der Waals surface area contributed by atoms with Crippen LogP contribution < -0.4 is 4.74 Å². The van der Waals surface area contributed by atoms with E-state index in [1.54, 1.807) is 12.1 Å². The van der Waals surface area contributed by atoms with Crippen LogP contribution in [-0.2, 0) is 14.8 Å². The van der Waals surface area contributed by atoms with Gasteiger partial charge in [0.1, 0.15) is 11.5 Å². The summed E-state index contributed by atoms with van der Waals surface area (Å²) < 4.78 is 31.0. The fraction of sp³-hybridized carbons (Fsp3) is 0.500. The number of nitrogens with zero attached hydrogens (tertiary/aromatic N) is 1. The minimum absolute atomic E-state index is 0.118. The van der Waals surface area contributed by atoms with Crippen molar-refractivity contribution >= 4 is 15.8 Å². The maximum atomic E-state index is 12.3. The van der Waals surface area contributed by atoms with Crippen molar-refractivity contribution in [1.82, 2.24) is 4.31 Å². The summed E-state index contributed by atoms with van der Waals surface area (Å²) in [7, 11) is -2.03. The third-order valence-electron chi connectivity index (χ3n) is 2.96. The Kier molecular flexibility index (Phi) is 6.16. The monoisotopic (exact) mass is 299 g/mol. The summed E-state index contributed by atoms with van der Waals surface area (Å²) in [4.78, 5) is 11.3. The number of ether oxygens (including phenoxy) is 1. The van der Waals surface area contributed by atoms with E-state index in [0.717, 1.165) is 0 Å². The van der Waals surface area contributed by atoms with Crippen molar-refractivity contribution in [2.45, 2.75) is 31.6 Å². The van der Waals surface area contributed by atoms with E-state index in [0.29, 0.717) is 18.6 Å². The van der Waals surface area contributed by atoms with E-state index in [-0.39, 0.29) is 23.8 Å². The highest BCUT2D eigenvalue weighted by Crippen LogP contribution is 2.22. The first kappa shape index (κ1) is 16.7. The number of benzene rings is 1. The first-order chi connectivity index (χ1) is 9.54. The Morgan fingerprint density at radius 2 is 1.75 bits per heavy atom. The zero-order valence-corrected chi connectivity index (χ0v) is 12.9. The second-order valence-corrected chi connectivity index (χ2v) is 6.06. The Labute approximate surface area is 120 Å². The highest BCUT2D eigenvalue weighted by Gasteiger charge is 2.28. The van der Waals surface area contributed by atoms with Crippen molar-refractivity contribution in [3.63, 3.8) is 0 Å². The van der Waals surface area contributed by atoms with E-state index in [4.69, 9.17) is 4.74 Å². The van der Waals surface area contributed by atoms with Crippen molar-refractivity contribution in [3.05, 3.63) is 24.3 Å². The van der Waals surface area contributed by atoms with E-state index < -0.39 is 10.0 Å². The van der Waals surface area contributed by atoms with Crippen molar-refractivity contribution in [2.75, 3.05) is 20.2 Å². The minimum atomic E-state index is -3.52. The van der Waals surface area contributed by atoms with Crippen LogP contribution >= 0.6 is 0 Å². The maximum Gasteiger partial charge on any atom is 0.243 e. The van der Waals surface area contributed by atoms with E-state index >= 15 is 0 Å². The van der Waals surface area contributed by atoms with Crippen LogP contribution in [0.5, 0.6) is 5.75 Å². The molecule has 1 aliphatic rings. The zero-order chi connectivity index (χ0) is 15.2. The fourth-order valence-corrected chi connectivity index (χ4v) is 3.36. The van der Waals surface area contributed by atoms with Crippen LogP contribution in [-0.4, -0.2) is 38.7 Å². The molecule has 0 spiro atoms. The van der Waals surface area contributed by atoms with E-state index in [1.165, 1.54) is 23.5 Å². The van der Waals surface area contributed by atoms with Crippen LogP contribution in [0.2, 0.25) is 0 Å². The zero-order valence-electron chi connectivity index (χ0n) is 12.1. The largest absolute Gasteiger partial charge is 0.497 e. The van der Waals surface area contributed by atoms with Gasteiger partial charge in [-0.25, -0.2) is 8.42 Å². The number of piperidine rings is 1. The Hall–Kier alpha value is -1.40. The topological polar surface area (TPSA) is 63.7 Å². The fourth-order valence-electron chi connectivity index (χ4n) is 1.89. The Balaban J connectivity index is 0.000000956. The molecule has 0 radical (unpaired) electrons. The summed E-state index contributed by atoms with van der Waals surface area (Å²) in [5.41, 5.74) is 0. The van der Waals surface area contributed by atoms with Gasteiger partial charge < -0.3 is 4.74 Å². The normalized spacial score (nSPS) is 16.2. The summed E-state index contributed by atoms with van der Waals surface area (Å²) in [6, 6.07) is 6.36. The molecule has 1 saturated heterocycles. The molecule has 20 heavy (non-hydrogen) atoms. The molecule has 1 heterocycles. The van der Waals surface area contributed by atoms with Crippen molar-refractivity contribution < 1.29 is 17.9 Å². The Morgan fingerprint density at radius 3 is 2.30 bits per heavy atom. The number of carbonyl (C=O) groups excluding carboxylic acids is 1. The van der Waals surface area contributed by atoms with Gasteiger partial charge in [-0.05, 0) is 12.1 Å². The summed E-state index contributed by atoms with van der Waals surface area (Å²) in [6.07, 6.45) is 0.590. The summed E-state index contributed by atoms with van der Waals surface area (Å²) in [5.74, 6) is 0.622. The molecule has 6 heteroatoms. The molecule has 1 fully saturated rings. The highest BCUT2D eigenvalue weighted by atomic mass is 32.2. The smallest absolute Gasteiger partial charge is 0.243 e. The molecule has 112 valence electrons. The predicted octanol–water partition coefficient (Wildman–Crippen LogP) is 2.08. The van der Waals surface area contributed by atoms with Gasteiger partial charge in [0.2, 0.25) is 10.0 Å². The number of rotatable bonds is 3. The van der Waals surface area contributed by atoms with Gasteiger partial charge in [-0.2, -0.15) is 4.31 Å². The molecule has 5 nitrogen and oxygen atoms in total. The Bertz CT molecular complexity index is 544.